The Bertz CT molecular complexity index is 222. The van der Waals surface area contributed by atoms with Crippen LogP contribution in [0.4, 0.5) is 0 Å². The van der Waals surface area contributed by atoms with Gasteiger partial charge in [-0.1, -0.05) is 13.8 Å². The molecule has 0 bridgehead atoms. The summed E-state index contributed by atoms with van der Waals surface area (Å²) in [5.74, 6) is -0.771. The highest BCUT2D eigenvalue weighted by molar-refractivity contribution is 5.78. The van der Waals surface area contributed by atoms with Crippen LogP contribution in [0.25, 0.3) is 0 Å². The molecule has 0 aliphatic heterocycles. The molecule has 0 radical (unpaired) electrons. The third-order valence-corrected chi connectivity index (χ3v) is 3.36. The zero-order valence-corrected chi connectivity index (χ0v) is 11.1. The van der Waals surface area contributed by atoms with E-state index in [1.165, 1.54) is 0 Å². The van der Waals surface area contributed by atoms with Crippen LogP contribution in [-0.4, -0.2) is 35.9 Å². The summed E-state index contributed by atoms with van der Waals surface area (Å²) in [5.41, 5.74) is -0.997. The molecule has 2 N–H and O–H groups in total. The SMILES string of the molecule is CCC(CC)(NCCC(C)(C)OC)C(=O)O. The van der Waals surface area contributed by atoms with Gasteiger partial charge in [-0.2, -0.15) is 0 Å². The van der Waals surface area contributed by atoms with Gasteiger partial charge in [0.15, 0.2) is 0 Å². The lowest BCUT2D eigenvalue weighted by molar-refractivity contribution is -0.145. The zero-order valence-electron chi connectivity index (χ0n) is 11.1. The molecule has 0 amide bonds. The molecule has 0 heterocycles. The van der Waals surface area contributed by atoms with Crippen LogP contribution in [0.3, 0.4) is 0 Å². The molecule has 0 aromatic carbocycles. The number of hydrogen-bond acceptors (Lipinski definition) is 3. The Morgan fingerprint density at radius 3 is 2.12 bits per heavy atom. The van der Waals surface area contributed by atoms with Crippen molar-refractivity contribution >= 4 is 5.97 Å². The molecule has 0 aromatic heterocycles. The first-order valence-electron chi connectivity index (χ1n) is 5.87. The van der Waals surface area contributed by atoms with Crippen LogP contribution in [0.15, 0.2) is 0 Å². The van der Waals surface area contributed by atoms with Crippen LogP contribution in [0.5, 0.6) is 0 Å². The fourth-order valence-electron chi connectivity index (χ4n) is 1.58. The van der Waals surface area contributed by atoms with Gasteiger partial charge in [0.05, 0.1) is 5.60 Å². The lowest BCUT2D eigenvalue weighted by Crippen LogP contribution is -2.52. The summed E-state index contributed by atoms with van der Waals surface area (Å²) in [5, 5.41) is 12.4. The van der Waals surface area contributed by atoms with Crippen molar-refractivity contribution in [3.63, 3.8) is 0 Å². The van der Waals surface area contributed by atoms with Crippen molar-refractivity contribution in [2.24, 2.45) is 0 Å². The van der Waals surface area contributed by atoms with Gasteiger partial charge in [-0.05, 0) is 39.7 Å². The van der Waals surface area contributed by atoms with E-state index in [0.29, 0.717) is 19.4 Å². The smallest absolute Gasteiger partial charge is 0.323 e. The number of aliphatic carboxylic acids is 1. The Morgan fingerprint density at radius 2 is 1.81 bits per heavy atom. The average Bonchev–Trinajstić information content (AvgIpc) is 2.24. The van der Waals surface area contributed by atoms with Crippen LogP contribution in [0.2, 0.25) is 0 Å². The Morgan fingerprint density at radius 1 is 1.31 bits per heavy atom. The third-order valence-electron chi connectivity index (χ3n) is 3.36. The van der Waals surface area contributed by atoms with Crippen molar-refractivity contribution in [1.29, 1.82) is 0 Å². The normalized spacial score (nSPS) is 12.8. The second-order valence-electron chi connectivity index (χ2n) is 4.73. The van der Waals surface area contributed by atoms with Gasteiger partial charge in [0.25, 0.3) is 0 Å². The highest BCUT2D eigenvalue weighted by Crippen LogP contribution is 2.17. The summed E-state index contributed by atoms with van der Waals surface area (Å²) in [7, 11) is 1.67. The maximum atomic E-state index is 11.2. The van der Waals surface area contributed by atoms with Gasteiger partial charge in [0.2, 0.25) is 0 Å². The van der Waals surface area contributed by atoms with Crippen LogP contribution in [0.1, 0.15) is 47.0 Å². The van der Waals surface area contributed by atoms with Gasteiger partial charge in [0.1, 0.15) is 5.54 Å². The third kappa shape index (κ3) is 4.10. The summed E-state index contributed by atoms with van der Waals surface area (Å²) in [4.78, 5) is 11.2. The van der Waals surface area contributed by atoms with E-state index >= 15 is 0 Å². The van der Waals surface area contributed by atoms with Crippen molar-refractivity contribution < 1.29 is 14.6 Å². The van der Waals surface area contributed by atoms with Gasteiger partial charge in [-0.25, -0.2) is 0 Å². The number of carbonyl (C=O) groups is 1. The molecule has 0 saturated carbocycles. The molecule has 16 heavy (non-hydrogen) atoms. The summed E-state index contributed by atoms with van der Waals surface area (Å²) in [6.07, 6.45) is 1.97. The number of methoxy groups -OCH3 is 1. The van der Waals surface area contributed by atoms with Crippen molar-refractivity contribution in [2.75, 3.05) is 13.7 Å². The first kappa shape index (κ1) is 15.4. The fraction of sp³-hybridized carbons (Fsp3) is 0.917. The minimum atomic E-state index is -0.788. The van der Waals surface area contributed by atoms with Crippen LogP contribution >= 0.6 is 0 Å². The van der Waals surface area contributed by atoms with E-state index in [9.17, 15) is 9.90 Å². The molecule has 0 fully saturated rings. The first-order valence-corrected chi connectivity index (χ1v) is 5.87. The maximum Gasteiger partial charge on any atom is 0.323 e. The standard InChI is InChI=1S/C12H25NO3/c1-6-12(7-2,10(14)15)13-9-8-11(3,4)16-5/h13H,6-9H2,1-5H3,(H,14,15). The lowest BCUT2D eigenvalue weighted by Gasteiger charge is -2.30. The minimum absolute atomic E-state index is 0.210. The Kier molecular flexibility index (Phi) is 5.97. The minimum Gasteiger partial charge on any atom is -0.480 e. The Balaban J connectivity index is 4.29. The predicted molar refractivity (Wildman–Crippen MR) is 64.7 cm³/mol. The van der Waals surface area contributed by atoms with E-state index in [4.69, 9.17) is 4.74 Å². The molecular formula is C12H25NO3. The number of ether oxygens (including phenoxy) is 1. The number of carboxylic acid groups (broad SMARTS) is 1. The number of carboxylic acids is 1. The maximum absolute atomic E-state index is 11.2. The molecule has 0 spiro atoms. The number of rotatable bonds is 8. The molecule has 0 aliphatic carbocycles. The van der Waals surface area contributed by atoms with E-state index in [1.54, 1.807) is 7.11 Å². The van der Waals surface area contributed by atoms with Crippen molar-refractivity contribution in [1.82, 2.24) is 5.32 Å². The second-order valence-corrected chi connectivity index (χ2v) is 4.73. The van der Waals surface area contributed by atoms with E-state index in [2.05, 4.69) is 5.32 Å². The van der Waals surface area contributed by atoms with E-state index < -0.39 is 11.5 Å². The van der Waals surface area contributed by atoms with Crippen molar-refractivity contribution in [2.45, 2.75) is 58.1 Å². The summed E-state index contributed by atoms with van der Waals surface area (Å²) in [6.45, 7) is 8.43. The highest BCUT2D eigenvalue weighted by Gasteiger charge is 2.34. The quantitative estimate of drug-likeness (QED) is 0.671. The largest absolute Gasteiger partial charge is 0.480 e. The molecular weight excluding hydrogens is 206 g/mol. The van der Waals surface area contributed by atoms with Gasteiger partial charge in [-0.3, -0.25) is 4.79 Å². The molecule has 4 nitrogen and oxygen atoms in total. The Labute approximate surface area is 98.4 Å². The summed E-state index contributed by atoms with van der Waals surface area (Å²) >= 11 is 0. The van der Waals surface area contributed by atoms with Crippen molar-refractivity contribution in [3.8, 4) is 0 Å². The van der Waals surface area contributed by atoms with Crippen molar-refractivity contribution in [3.05, 3.63) is 0 Å². The zero-order chi connectivity index (χ0) is 12.8. The summed E-state index contributed by atoms with van der Waals surface area (Å²) < 4.78 is 5.29. The highest BCUT2D eigenvalue weighted by atomic mass is 16.5. The molecule has 0 saturated heterocycles. The second kappa shape index (κ2) is 6.21. The Hall–Kier alpha value is -0.610. The van der Waals surface area contributed by atoms with E-state index in [-0.39, 0.29) is 5.60 Å². The van der Waals surface area contributed by atoms with E-state index in [0.717, 1.165) is 6.42 Å². The molecule has 0 aliphatic rings. The first-order chi connectivity index (χ1) is 7.33. The molecule has 0 atom stereocenters. The number of nitrogens with one attached hydrogen (secondary N) is 1. The van der Waals surface area contributed by atoms with Crippen LogP contribution < -0.4 is 5.32 Å². The monoisotopic (exact) mass is 231 g/mol. The van der Waals surface area contributed by atoms with Crippen LogP contribution in [-0.2, 0) is 9.53 Å². The molecule has 0 rings (SSSR count). The average molecular weight is 231 g/mol. The van der Waals surface area contributed by atoms with Gasteiger partial charge in [-0.15, -0.1) is 0 Å². The fourth-order valence-corrected chi connectivity index (χ4v) is 1.58. The molecule has 0 aromatic rings. The van der Waals surface area contributed by atoms with Gasteiger partial charge >= 0.3 is 5.97 Å². The molecule has 0 unspecified atom stereocenters. The summed E-state index contributed by atoms with van der Waals surface area (Å²) in [6, 6.07) is 0. The van der Waals surface area contributed by atoms with E-state index in [1.807, 2.05) is 27.7 Å². The molecule has 4 heteroatoms. The number of hydrogen-bond donors (Lipinski definition) is 2. The molecule has 96 valence electrons. The topological polar surface area (TPSA) is 58.6 Å². The predicted octanol–water partition coefficient (Wildman–Crippen LogP) is 2.03. The van der Waals surface area contributed by atoms with Gasteiger partial charge < -0.3 is 15.2 Å². The van der Waals surface area contributed by atoms with Gasteiger partial charge in [0, 0.05) is 7.11 Å². The lowest BCUT2D eigenvalue weighted by atomic mass is 9.92. The van der Waals surface area contributed by atoms with Crippen LogP contribution in [0, 0.1) is 0 Å².